The second-order valence-corrected chi connectivity index (χ2v) is 5.64. The molecule has 0 unspecified atom stereocenters. The Morgan fingerprint density at radius 3 is 2.92 bits per heavy atom. The fraction of sp³-hybridized carbons (Fsp3) is 0.222. The highest BCUT2D eigenvalue weighted by atomic mass is 16.5. The van der Waals surface area contributed by atoms with E-state index in [1.54, 1.807) is 36.4 Å². The summed E-state index contributed by atoms with van der Waals surface area (Å²) in [6.45, 7) is 0.442. The van der Waals surface area contributed by atoms with Gasteiger partial charge < -0.3 is 15.4 Å². The summed E-state index contributed by atoms with van der Waals surface area (Å²) < 4.78 is 5.57. The second kappa shape index (κ2) is 7.53. The number of rotatable bonds is 3. The number of nitrogens with zero attached hydrogens (tertiary/aromatic N) is 2. The molecule has 0 saturated carbocycles. The van der Waals surface area contributed by atoms with E-state index in [4.69, 9.17) is 10.00 Å². The Hall–Kier alpha value is -3.60. The van der Waals surface area contributed by atoms with Crippen molar-refractivity contribution in [1.82, 2.24) is 15.6 Å². The lowest BCUT2D eigenvalue weighted by Gasteiger charge is -2.26. The summed E-state index contributed by atoms with van der Waals surface area (Å²) in [5, 5.41) is 17.0. The topological polar surface area (TPSA) is 116 Å². The molecule has 1 aromatic carbocycles. The van der Waals surface area contributed by atoms with Crippen LogP contribution >= 0.6 is 0 Å². The van der Waals surface area contributed by atoms with Gasteiger partial charge in [0.2, 0.25) is 0 Å². The number of urea groups is 1. The summed E-state index contributed by atoms with van der Waals surface area (Å²) >= 11 is 0. The first-order valence-electron chi connectivity index (χ1n) is 8.04. The minimum absolute atomic E-state index is 0.214. The third-order valence-electron chi connectivity index (χ3n) is 3.94. The molecule has 0 fully saturated rings. The monoisotopic (exact) mass is 351 g/mol. The maximum atomic E-state index is 12.3. The Morgan fingerprint density at radius 2 is 2.15 bits per heavy atom. The Kier molecular flexibility index (Phi) is 4.99. The van der Waals surface area contributed by atoms with E-state index in [1.165, 1.54) is 7.05 Å². The molecule has 0 spiro atoms. The molecular formula is C18H17N5O3. The molecule has 0 bridgehead atoms. The molecule has 132 valence electrons. The Bertz CT molecular complexity index is 891. The molecule has 8 heteroatoms. The van der Waals surface area contributed by atoms with Crippen LogP contribution in [-0.2, 0) is 0 Å². The standard InChI is InChI=1S/C18H17N5O3/c1-20-17(24)14-3-2-4-16(21-14)23-18(25)22-13-7-8-26-15-9-11(10-19)5-6-12(13)15/h2-6,9,13H,7-8H2,1H3,(H,20,24)(H2,21,22,23,25)/t13-/m1/s1. The minimum Gasteiger partial charge on any atom is -0.493 e. The number of nitriles is 1. The molecule has 8 nitrogen and oxygen atoms in total. The lowest BCUT2D eigenvalue weighted by molar-refractivity contribution is 0.0958. The van der Waals surface area contributed by atoms with Crippen molar-refractivity contribution in [2.75, 3.05) is 19.0 Å². The van der Waals surface area contributed by atoms with Crippen molar-refractivity contribution in [1.29, 1.82) is 5.26 Å². The van der Waals surface area contributed by atoms with Crippen LogP contribution < -0.4 is 20.7 Å². The van der Waals surface area contributed by atoms with Crippen LogP contribution in [0.1, 0.15) is 34.1 Å². The van der Waals surface area contributed by atoms with Gasteiger partial charge >= 0.3 is 6.03 Å². The first-order valence-corrected chi connectivity index (χ1v) is 8.04. The molecule has 3 rings (SSSR count). The van der Waals surface area contributed by atoms with Crippen molar-refractivity contribution in [2.24, 2.45) is 0 Å². The van der Waals surface area contributed by atoms with E-state index in [2.05, 4.69) is 27.0 Å². The number of aromatic nitrogens is 1. The molecule has 3 amide bonds. The first-order chi connectivity index (χ1) is 12.6. The molecule has 3 N–H and O–H groups in total. The van der Waals surface area contributed by atoms with Gasteiger partial charge in [-0.2, -0.15) is 5.26 Å². The number of nitrogens with one attached hydrogen (secondary N) is 3. The lowest BCUT2D eigenvalue weighted by atomic mass is 9.99. The second-order valence-electron chi connectivity index (χ2n) is 5.64. The quantitative estimate of drug-likeness (QED) is 0.782. The highest BCUT2D eigenvalue weighted by Gasteiger charge is 2.23. The summed E-state index contributed by atoms with van der Waals surface area (Å²) in [6.07, 6.45) is 0.609. The lowest BCUT2D eigenvalue weighted by Crippen LogP contribution is -2.35. The molecule has 1 atom stereocenters. The SMILES string of the molecule is CNC(=O)c1cccc(NC(=O)N[C@@H]2CCOc3cc(C#N)ccc32)n1. The van der Waals surface area contributed by atoms with Gasteiger partial charge in [0.15, 0.2) is 0 Å². The fourth-order valence-electron chi connectivity index (χ4n) is 2.68. The third-order valence-corrected chi connectivity index (χ3v) is 3.94. The average Bonchev–Trinajstić information content (AvgIpc) is 2.67. The molecule has 1 aliphatic rings. The van der Waals surface area contributed by atoms with Crippen molar-refractivity contribution in [3.63, 3.8) is 0 Å². The normalized spacial score (nSPS) is 15.0. The number of anilines is 1. The zero-order chi connectivity index (χ0) is 18.5. The predicted molar refractivity (Wildman–Crippen MR) is 93.8 cm³/mol. The molecule has 1 aromatic heterocycles. The van der Waals surface area contributed by atoms with Gasteiger partial charge in [-0.05, 0) is 24.3 Å². The van der Waals surface area contributed by atoms with Gasteiger partial charge in [-0.15, -0.1) is 0 Å². The van der Waals surface area contributed by atoms with Crippen molar-refractivity contribution >= 4 is 17.8 Å². The number of hydrogen-bond donors (Lipinski definition) is 3. The number of carbonyl (C=O) groups excluding carboxylic acids is 2. The van der Waals surface area contributed by atoms with Crippen molar-refractivity contribution in [3.05, 3.63) is 53.2 Å². The molecule has 2 aromatic rings. The van der Waals surface area contributed by atoms with Crippen LogP contribution in [0.25, 0.3) is 0 Å². The van der Waals surface area contributed by atoms with Crippen LogP contribution in [0, 0.1) is 11.3 Å². The summed E-state index contributed by atoms with van der Waals surface area (Å²) in [7, 11) is 1.51. The van der Waals surface area contributed by atoms with E-state index in [9.17, 15) is 9.59 Å². The van der Waals surface area contributed by atoms with Crippen LogP contribution in [0.5, 0.6) is 5.75 Å². The Labute approximate surface area is 150 Å². The minimum atomic E-state index is -0.436. The van der Waals surface area contributed by atoms with Crippen LogP contribution in [0.15, 0.2) is 36.4 Å². The third kappa shape index (κ3) is 3.72. The van der Waals surface area contributed by atoms with Gasteiger partial charge in [-0.3, -0.25) is 10.1 Å². The van der Waals surface area contributed by atoms with Crippen molar-refractivity contribution < 1.29 is 14.3 Å². The molecule has 2 heterocycles. The van der Waals surface area contributed by atoms with E-state index in [0.29, 0.717) is 24.3 Å². The van der Waals surface area contributed by atoms with Crippen LogP contribution in [0.4, 0.5) is 10.6 Å². The van der Waals surface area contributed by atoms with Crippen molar-refractivity contribution in [3.8, 4) is 11.8 Å². The number of benzene rings is 1. The average molecular weight is 351 g/mol. The van der Waals surface area contributed by atoms with Crippen molar-refractivity contribution in [2.45, 2.75) is 12.5 Å². The number of ether oxygens (including phenoxy) is 1. The smallest absolute Gasteiger partial charge is 0.320 e. The van der Waals surface area contributed by atoms with Gasteiger partial charge in [0.1, 0.15) is 17.3 Å². The number of amides is 3. The predicted octanol–water partition coefficient (Wildman–Crippen LogP) is 1.96. The van der Waals surface area contributed by atoms with Gasteiger partial charge in [-0.25, -0.2) is 9.78 Å². The fourth-order valence-corrected chi connectivity index (χ4v) is 2.68. The highest BCUT2D eigenvalue weighted by molar-refractivity contribution is 5.93. The molecule has 1 aliphatic heterocycles. The number of carbonyl (C=O) groups is 2. The maximum Gasteiger partial charge on any atom is 0.320 e. The van der Waals surface area contributed by atoms with Crippen LogP contribution in [0.2, 0.25) is 0 Å². The van der Waals surface area contributed by atoms with Crippen LogP contribution in [-0.4, -0.2) is 30.6 Å². The van der Waals surface area contributed by atoms with E-state index >= 15 is 0 Å². The maximum absolute atomic E-state index is 12.3. The molecule has 0 saturated heterocycles. The van der Waals surface area contributed by atoms with E-state index < -0.39 is 6.03 Å². The molecular weight excluding hydrogens is 334 g/mol. The summed E-state index contributed by atoms with van der Waals surface area (Å²) in [4.78, 5) is 28.0. The Balaban J connectivity index is 1.70. The van der Waals surface area contributed by atoms with Gasteiger partial charge in [-0.1, -0.05) is 12.1 Å². The van der Waals surface area contributed by atoms with Gasteiger partial charge in [0.05, 0.1) is 24.3 Å². The number of fused-ring (bicyclic) bond motifs is 1. The zero-order valence-electron chi connectivity index (χ0n) is 14.1. The van der Waals surface area contributed by atoms with E-state index in [0.717, 1.165) is 5.56 Å². The van der Waals surface area contributed by atoms with Crippen LogP contribution in [0.3, 0.4) is 0 Å². The van der Waals surface area contributed by atoms with E-state index in [-0.39, 0.29) is 23.5 Å². The number of hydrogen-bond acceptors (Lipinski definition) is 5. The van der Waals surface area contributed by atoms with Gasteiger partial charge in [0.25, 0.3) is 5.91 Å². The van der Waals surface area contributed by atoms with E-state index in [1.807, 2.05) is 0 Å². The summed E-state index contributed by atoms with van der Waals surface area (Å²) in [5.41, 5.74) is 1.53. The first kappa shape index (κ1) is 17.2. The highest BCUT2D eigenvalue weighted by Crippen LogP contribution is 2.32. The molecule has 0 aliphatic carbocycles. The molecule has 0 radical (unpaired) electrons. The molecule has 26 heavy (non-hydrogen) atoms. The summed E-state index contributed by atoms with van der Waals surface area (Å²) in [6, 6.07) is 11.3. The zero-order valence-corrected chi connectivity index (χ0v) is 14.1. The summed E-state index contributed by atoms with van der Waals surface area (Å²) in [5.74, 6) is 0.539. The largest absolute Gasteiger partial charge is 0.493 e. The Morgan fingerprint density at radius 1 is 1.31 bits per heavy atom. The number of pyridine rings is 1. The van der Waals surface area contributed by atoms with Gasteiger partial charge in [0, 0.05) is 19.0 Å².